The summed E-state index contributed by atoms with van der Waals surface area (Å²) in [7, 11) is 0. The number of carbonyl (C=O) groups is 1. The SMILES string of the molecule is CC(C)n1nnnc1CCNC(=O)c1cc2ccccc2oc1=O. The van der Waals surface area contributed by atoms with E-state index in [4.69, 9.17) is 4.42 Å². The van der Waals surface area contributed by atoms with Crippen LogP contribution in [0, 0.1) is 0 Å². The topological polar surface area (TPSA) is 103 Å². The quantitative estimate of drug-likeness (QED) is 0.709. The van der Waals surface area contributed by atoms with Crippen molar-refractivity contribution in [1.29, 1.82) is 0 Å². The van der Waals surface area contributed by atoms with Gasteiger partial charge in [-0.05, 0) is 36.4 Å². The molecule has 24 heavy (non-hydrogen) atoms. The van der Waals surface area contributed by atoms with E-state index in [0.29, 0.717) is 29.8 Å². The van der Waals surface area contributed by atoms with Gasteiger partial charge in [-0.3, -0.25) is 4.79 Å². The van der Waals surface area contributed by atoms with E-state index in [0.717, 1.165) is 0 Å². The highest BCUT2D eigenvalue weighted by molar-refractivity contribution is 5.96. The van der Waals surface area contributed by atoms with Crippen molar-refractivity contribution in [3.05, 3.63) is 52.1 Å². The van der Waals surface area contributed by atoms with Crippen LogP contribution in [-0.4, -0.2) is 32.7 Å². The molecule has 0 radical (unpaired) electrons. The third kappa shape index (κ3) is 3.17. The summed E-state index contributed by atoms with van der Waals surface area (Å²) >= 11 is 0. The van der Waals surface area contributed by atoms with Gasteiger partial charge in [0.2, 0.25) is 0 Å². The summed E-state index contributed by atoms with van der Waals surface area (Å²) in [5, 5.41) is 14.9. The number of hydrogen-bond donors (Lipinski definition) is 1. The van der Waals surface area contributed by atoms with Gasteiger partial charge in [0.1, 0.15) is 11.1 Å². The van der Waals surface area contributed by atoms with Crippen LogP contribution < -0.4 is 10.9 Å². The number of fused-ring (bicyclic) bond motifs is 1. The van der Waals surface area contributed by atoms with Crippen LogP contribution in [0.4, 0.5) is 0 Å². The smallest absolute Gasteiger partial charge is 0.349 e. The molecule has 0 aliphatic heterocycles. The van der Waals surface area contributed by atoms with Gasteiger partial charge in [-0.2, -0.15) is 0 Å². The summed E-state index contributed by atoms with van der Waals surface area (Å²) in [6.45, 7) is 4.26. The molecule has 0 aliphatic rings. The van der Waals surface area contributed by atoms with Crippen LogP contribution in [0.2, 0.25) is 0 Å². The van der Waals surface area contributed by atoms with Gasteiger partial charge in [-0.15, -0.1) is 5.10 Å². The molecule has 0 spiro atoms. The van der Waals surface area contributed by atoms with E-state index in [-0.39, 0.29) is 11.6 Å². The van der Waals surface area contributed by atoms with E-state index >= 15 is 0 Å². The number of aromatic nitrogens is 4. The van der Waals surface area contributed by atoms with Crippen molar-refractivity contribution in [3.8, 4) is 0 Å². The van der Waals surface area contributed by atoms with E-state index in [9.17, 15) is 9.59 Å². The monoisotopic (exact) mass is 327 g/mol. The van der Waals surface area contributed by atoms with Gasteiger partial charge in [-0.25, -0.2) is 9.48 Å². The molecule has 0 bridgehead atoms. The Morgan fingerprint density at radius 3 is 2.92 bits per heavy atom. The lowest BCUT2D eigenvalue weighted by Gasteiger charge is -2.08. The molecule has 2 aromatic heterocycles. The number of nitrogens with zero attached hydrogens (tertiary/aromatic N) is 4. The second-order valence-corrected chi connectivity index (χ2v) is 5.62. The molecule has 0 aliphatic carbocycles. The summed E-state index contributed by atoms with van der Waals surface area (Å²) in [6, 6.07) is 8.72. The molecule has 124 valence electrons. The van der Waals surface area contributed by atoms with Crippen molar-refractivity contribution in [2.45, 2.75) is 26.3 Å². The highest BCUT2D eigenvalue weighted by Crippen LogP contribution is 2.12. The van der Waals surface area contributed by atoms with Crippen LogP contribution in [0.1, 0.15) is 36.1 Å². The van der Waals surface area contributed by atoms with E-state index in [1.807, 2.05) is 19.9 Å². The van der Waals surface area contributed by atoms with Gasteiger partial charge in [-0.1, -0.05) is 18.2 Å². The van der Waals surface area contributed by atoms with Gasteiger partial charge in [0.25, 0.3) is 5.91 Å². The normalized spacial score (nSPS) is 11.1. The average Bonchev–Trinajstić information content (AvgIpc) is 3.03. The predicted octanol–water partition coefficient (Wildman–Crippen LogP) is 1.33. The first-order chi connectivity index (χ1) is 11.6. The van der Waals surface area contributed by atoms with Crippen molar-refractivity contribution in [3.63, 3.8) is 0 Å². The minimum absolute atomic E-state index is 0.0165. The Morgan fingerprint density at radius 2 is 2.12 bits per heavy atom. The van der Waals surface area contributed by atoms with Crippen LogP contribution in [-0.2, 0) is 6.42 Å². The summed E-state index contributed by atoms with van der Waals surface area (Å²) in [6.07, 6.45) is 0.468. The third-order valence-corrected chi connectivity index (χ3v) is 3.57. The van der Waals surface area contributed by atoms with Crippen LogP contribution in [0.25, 0.3) is 11.0 Å². The molecule has 0 atom stereocenters. The van der Waals surface area contributed by atoms with Crippen LogP contribution in [0.5, 0.6) is 0 Å². The molecule has 3 rings (SSSR count). The van der Waals surface area contributed by atoms with Crippen molar-refractivity contribution in [2.75, 3.05) is 6.54 Å². The van der Waals surface area contributed by atoms with Gasteiger partial charge in [0.05, 0.1) is 6.04 Å². The highest BCUT2D eigenvalue weighted by Gasteiger charge is 2.14. The molecule has 1 amide bonds. The maximum absolute atomic E-state index is 12.2. The highest BCUT2D eigenvalue weighted by atomic mass is 16.4. The first-order valence-electron chi connectivity index (χ1n) is 7.64. The molecule has 0 saturated carbocycles. The molecule has 0 unspecified atom stereocenters. The number of hydrogen-bond acceptors (Lipinski definition) is 6. The summed E-state index contributed by atoms with van der Waals surface area (Å²) in [5.41, 5.74) is -0.217. The second-order valence-electron chi connectivity index (χ2n) is 5.62. The number of rotatable bonds is 5. The molecular weight excluding hydrogens is 310 g/mol. The largest absolute Gasteiger partial charge is 0.422 e. The van der Waals surface area contributed by atoms with Crippen molar-refractivity contribution in [2.24, 2.45) is 0 Å². The molecule has 1 N–H and O–H groups in total. The van der Waals surface area contributed by atoms with E-state index in [1.54, 1.807) is 22.9 Å². The van der Waals surface area contributed by atoms with Gasteiger partial charge >= 0.3 is 5.63 Å². The predicted molar refractivity (Wildman–Crippen MR) is 86.7 cm³/mol. The Balaban J connectivity index is 1.70. The zero-order chi connectivity index (χ0) is 17.1. The summed E-state index contributed by atoms with van der Waals surface area (Å²) in [4.78, 5) is 24.2. The van der Waals surface area contributed by atoms with Crippen LogP contribution >= 0.6 is 0 Å². The van der Waals surface area contributed by atoms with E-state index < -0.39 is 11.5 Å². The fourth-order valence-corrected chi connectivity index (χ4v) is 2.38. The Bertz CT molecular complexity index is 929. The maximum Gasteiger partial charge on any atom is 0.349 e. The molecular formula is C16H17N5O3. The molecule has 8 nitrogen and oxygen atoms in total. The third-order valence-electron chi connectivity index (χ3n) is 3.57. The number of nitrogens with one attached hydrogen (secondary N) is 1. The van der Waals surface area contributed by atoms with Gasteiger partial charge in [0.15, 0.2) is 5.82 Å². The van der Waals surface area contributed by atoms with Gasteiger partial charge in [0, 0.05) is 18.4 Å². The Hall–Kier alpha value is -3.03. The van der Waals surface area contributed by atoms with E-state index in [2.05, 4.69) is 20.8 Å². The van der Waals surface area contributed by atoms with Crippen molar-refractivity contribution in [1.82, 2.24) is 25.5 Å². The first kappa shape index (κ1) is 15.9. The van der Waals surface area contributed by atoms with Crippen molar-refractivity contribution < 1.29 is 9.21 Å². The minimum Gasteiger partial charge on any atom is -0.422 e. The standard InChI is InChI=1S/C16H17N5O3/c1-10(2)21-14(18-19-20-21)7-8-17-15(22)12-9-11-5-3-4-6-13(11)24-16(12)23/h3-6,9-10H,7-8H2,1-2H3,(H,17,22). The lowest BCUT2D eigenvalue weighted by atomic mass is 10.2. The summed E-state index contributed by atoms with van der Waals surface area (Å²) in [5.74, 6) is 0.203. The number of carbonyl (C=O) groups excluding carboxylic acids is 1. The second kappa shape index (κ2) is 6.61. The molecule has 2 heterocycles. The minimum atomic E-state index is -0.654. The van der Waals surface area contributed by atoms with Crippen LogP contribution in [0.3, 0.4) is 0 Å². The average molecular weight is 327 g/mol. The number of amides is 1. The summed E-state index contributed by atoms with van der Waals surface area (Å²) < 4.78 is 6.85. The van der Waals surface area contributed by atoms with Gasteiger partial charge < -0.3 is 9.73 Å². The lowest BCUT2D eigenvalue weighted by molar-refractivity contribution is 0.0950. The van der Waals surface area contributed by atoms with E-state index in [1.165, 1.54) is 6.07 Å². The molecule has 8 heteroatoms. The molecule has 0 fully saturated rings. The van der Waals surface area contributed by atoms with Crippen LogP contribution in [0.15, 0.2) is 39.5 Å². The lowest BCUT2D eigenvalue weighted by Crippen LogP contribution is -2.30. The van der Waals surface area contributed by atoms with Crippen molar-refractivity contribution >= 4 is 16.9 Å². The Labute approximate surface area is 137 Å². The fraction of sp³-hybridized carbons (Fsp3) is 0.312. The Kier molecular flexibility index (Phi) is 4.37. The molecule has 0 saturated heterocycles. The number of benzene rings is 1. The first-order valence-corrected chi connectivity index (χ1v) is 7.64. The number of tetrazole rings is 1. The number of para-hydroxylation sites is 1. The molecule has 1 aromatic carbocycles. The molecule has 3 aromatic rings. The zero-order valence-corrected chi connectivity index (χ0v) is 13.4. The zero-order valence-electron chi connectivity index (χ0n) is 13.4. The Morgan fingerprint density at radius 1 is 1.33 bits per heavy atom. The fourth-order valence-electron chi connectivity index (χ4n) is 2.38. The maximum atomic E-state index is 12.2.